The molecule has 0 bridgehead atoms. The summed E-state index contributed by atoms with van der Waals surface area (Å²) in [7, 11) is 0. The van der Waals surface area contributed by atoms with E-state index in [-0.39, 0.29) is 29.1 Å². The average Bonchev–Trinajstić information content (AvgIpc) is 2.95. The lowest BCUT2D eigenvalue weighted by atomic mass is 10.0. The number of benzene rings is 1. The molecule has 122 valence electrons. The smallest absolute Gasteiger partial charge is 0.257 e. The fraction of sp³-hybridized carbons (Fsp3) is 0.118. The monoisotopic (exact) mass is 329 g/mol. The molecule has 0 radical (unpaired) electrons. The van der Waals surface area contributed by atoms with Crippen LogP contribution in [0.2, 0.25) is 0 Å². The van der Waals surface area contributed by atoms with E-state index in [1.807, 2.05) is 6.07 Å². The zero-order valence-electron chi connectivity index (χ0n) is 12.7. The van der Waals surface area contributed by atoms with Crippen LogP contribution in [0, 0.1) is 18.6 Å². The van der Waals surface area contributed by atoms with E-state index < -0.39 is 17.5 Å². The van der Waals surface area contributed by atoms with Crippen molar-refractivity contribution >= 4 is 5.91 Å². The molecule has 0 fully saturated rings. The molecule has 7 heteroatoms. The molecule has 2 heterocycles. The summed E-state index contributed by atoms with van der Waals surface area (Å²) in [4.78, 5) is 16.4. The molecule has 0 aliphatic heterocycles. The van der Waals surface area contributed by atoms with Gasteiger partial charge in [0.25, 0.3) is 5.91 Å². The lowest BCUT2D eigenvalue weighted by Gasteiger charge is -2.06. The Kier molecular flexibility index (Phi) is 4.33. The number of carbonyl (C=O) groups excluding carboxylic acids is 1. The standard InChI is InChI=1S/C17H13F2N3O2/c1-10-15(17(23)21-9-11-3-2-6-20-8-11)16(22-24-10)13-5-4-12(18)7-14(13)19/h2-8H,9H2,1H3,(H,21,23). The predicted molar refractivity (Wildman–Crippen MR) is 82.0 cm³/mol. The topological polar surface area (TPSA) is 68.0 Å². The van der Waals surface area contributed by atoms with Crippen molar-refractivity contribution in [3.8, 4) is 11.3 Å². The number of aryl methyl sites for hydroxylation is 1. The molecule has 1 amide bonds. The molecule has 2 aromatic heterocycles. The number of pyridine rings is 1. The van der Waals surface area contributed by atoms with Gasteiger partial charge in [-0.1, -0.05) is 11.2 Å². The molecule has 3 aromatic rings. The second-order valence-electron chi connectivity index (χ2n) is 5.13. The molecular formula is C17H13F2N3O2. The van der Waals surface area contributed by atoms with Crippen molar-refractivity contribution in [2.24, 2.45) is 0 Å². The number of carbonyl (C=O) groups is 1. The Hall–Kier alpha value is -3.09. The van der Waals surface area contributed by atoms with Crippen molar-refractivity contribution in [1.29, 1.82) is 0 Å². The molecule has 0 spiro atoms. The first kappa shape index (κ1) is 15.8. The number of nitrogens with one attached hydrogen (secondary N) is 1. The van der Waals surface area contributed by atoms with Gasteiger partial charge in [-0.2, -0.15) is 0 Å². The molecule has 1 N–H and O–H groups in total. The third-order valence-corrected chi connectivity index (χ3v) is 3.45. The first-order chi connectivity index (χ1) is 11.6. The Morgan fingerprint density at radius 3 is 2.83 bits per heavy atom. The highest BCUT2D eigenvalue weighted by atomic mass is 19.1. The lowest BCUT2D eigenvalue weighted by molar-refractivity contribution is 0.0950. The maximum absolute atomic E-state index is 14.0. The fourth-order valence-corrected chi connectivity index (χ4v) is 2.28. The largest absolute Gasteiger partial charge is 0.360 e. The summed E-state index contributed by atoms with van der Waals surface area (Å²) in [5.74, 6) is -1.74. The third kappa shape index (κ3) is 3.15. The quantitative estimate of drug-likeness (QED) is 0.798. The summed E-state index contributed by atoms with van der Waals surface area (Å²) in [6.07, 6.45) is 3.26. The minimum atomic E-state index is -0.815. The van der Waals surface area contributed by atoms with E-state index in [4.69, 9.17) is 4.52 Å². The van der Waals surface area contributed by atoms with Gasteiger partial charge in [0.2, 0.25) is 0 Å². The Morgan fingerprint density at radius 1 is 1.29 bits per heavy atom. The van der Waals surface area contributed by atoms with Crippen molar-refractivity contribution in [2.45, 2.75) is 13.5 Å². The molecule has 0 aliphatic carbocycles. The van der Waals surface area contributed by atoms with Crippen LogP contribution in [0.15, 0.2) is 47.2 Å². The molecule has 1 aromatic carbocycles. The van der Waals surface area contributed by atoms with Gasteiger partial charge in [0, 0.05) is 30.6 Å². The molecule has 0 aliphatic rings. The highest BCUT2D eigenvalue weighted by Gasteiger charge is 2.23. The molecule has 0 unspecified atom stereocenters. The summed E-state index contributed by atoms with van der Waals surface area (Å²) < 4.78 is 32.1. The molecule has 5 nitrogen and oxygen atoms in total. The summed E-state index contributed by atoms with van der Waals surface area (Å²) in [6.45, 7) is 1.81. The highest BCUT2D eigenvalue weighted by molar-refractivity contribution is 6.00. The van der Waals surface area contributed by atoms with Gasteiger partial charge in [0.05, 0.1) is 0 Å². The number of halogens is 2. The van der Waals surface area contributed by atoms with Gasteiger partial charge in [0.1, 0.15) is 28.7 Å². The normalized spacial score (nSPS) is 10.6. The van der Waals surface area contributed by atoms with Crippen molar-refractivity contribution in [3.63, 3.8) is 0 Å². The van der Waals surface area contributed by atoms with E-state index in [9.17, 15) is 13.6 Å². The van der Waals surface area contributed by atoms with E-state index in [1.165, 1.54) is 6.07 Å². The van der Waals surface area contributed by atoms with E-state index >= 15 is 0 Å². The van der Waals surface area contributed by atoms with Crippen LogP contribution in [0.4, 0.5) is 8.78 Å². The van der Waals surface area contributed by atoms with E-state index in [2.05, 4.69) is 15.5 Å². The first-order valence-electron chi connectivity index (χ1n) is 7.15. The maximum Gasteiger partial charge on any atom is 0.257 e. The van der Waals surface area contributed by atoms with Gasteiger partial charge in [-0.25, -0.2) is 8.78 Å². The van der Waals surface area contributed by atoms with Crippen molar-refractivity contribution in [3.05, 3.63) is 71.2 Å². The SMILES string of the molecule is Cc1onc(-c2ccc(F)cc2F)c1C(=O)NCc1cccnc1. The number of rotatable bonds is 4. The Labute approximate surface area is 136 Å². The van der Waals surface area contributed by atoms with Gasteiger partial charge in [0.15, 0.2) is 0 Å². The molecule has 0 saturated carbocycles. The van der Waals surface area contributed by atoms with Crippen molar-refractivity contribution in [2.75, 3.05) is 0 Å². The minimum absolute atomic E-state index is 0.000206. The number of hydrogen-bond donors (Lipinski definition) is 1. The maximum atomic E-state index is 14.0. The zero-order chi connectivity index (χ0) is 17.1. The van der Waals surface area contributed by atoms with E-state index in [0.717, 1.165) is 17.7 Å². The first-order valence-corrected chi connectivity index (χ1v) is 7.15. The highest BCUT2D eigenvalue weighted by Crippen LogP contribution is 2.28. The number of amides is 1. The van der Waals surface area contributed by atoms with Gasteiger partial charge >= 0.3 is 0 Å². The third-order valence-electron chi connectivity index (χ3n) is 3.45. The molecular weight excluding hydrogens is 316 g/mol. The van der Waals surface area contributed by atoms with Crippen LogP contribution in [0.5, 0.6) is 0 Å². The van der Waals surface area contributed by atoms with Crippen LogP contribution >= 0.6 is 0 Å². The van der Waals surface area contributed by atoms with Gasteiger partial charge in [-0.3, -0.25) is 9.78 Å². The number of nitrogens with zero attached hydrogens (tertiary/aromatic N) is 2. The predicted octanol–water partition coefficient (Wildman–Crippen LogP) is 3.25. The van der Waals surface area contributed by atoms with Crippen molar-refractivity contribution in [1.82, 2.24) is 15.5 Å². The van der Waals surface area contributed by atoms with E-state index in [0.29, 0.717) is 0 Å². The molecule has 0 saturated heterocycles. The van der Waals surface area contributed by atoms with Crippen LogP contribution in [-0.2, 0) is 6.54 Å². The summed E-state index contributed by atoms with van der Waals surface area (Å²) in [5.41, 5.74) is 0.965. The minimum Gasteiger partial charge on any atom is -0.360 e. The van der Waals surface area contributed by atoms with Crippen LogP contribution in [0.1, 0.15) is 21.7 Å². The van der Waals surface area contributed by atoms with Crippen LogP contribution < -0.4 is 5.32 Å². The van der Waals surface area contributed by atoms with E-state index in [1.54, 1.807) is 25.4 Å². The average molecular weight is 329 g/mol. The molecule has 3 rings (SSSR count). The number of hydrogen-bond acceptors (Lipinski definition) is 4. The summed E-state index contributed by atoms with van der Waals surface area (Å²) in [6, 6.07) is 6.62. The Bertz CT molecular complexity index is 879. The van der Waals surface area contributed by atoms with Crippen LogP contribution in [0.3, 0.4) is 0 Å². The van der Waals surface area contributed by atoms with Crippen LogP contribution in [0.25, 0.3) is 11.3 Å². The fourth-order valence-electron chi connectivity index (χ4n) is 2.28. The molecule has 24 heavy (non-hydrogen) atoms. The Morgan fingerprint density at radius 2 is 2.12 bits per heavy atom. The number of aromatic nitrogens is 2. The Balaban J connectivity index is 1.88. The lowest BCUT2D eigenvalue weighted by Crippen LogP contribution is -2.23. The van der Waals surface area contributed by atoms with Gasteiger partial charge in [-0.15, -0.1) is 0 Å². The summed E-state index contributed by atoms with van der Waals surface area (Å²) in [5, 5.41) is 6.45. The van der Waals surface area contributed by atoms with Crippen LogP contribution in [-0.4, -0.2) is 16.0 Å². The summed E-state index contributed by atoms with van der Waals surface area (Å²) >= 11 is 0. The van der Waals surface area contributed by atoms with Gasteiger partial charge in [-0.05, 0) is 30.7 Å². The second kappa shape index (κ2) is 6.57. The zero-order valence-corrected chi connectivity index (χ0v) is 12.7. The molecule has 0 atom stereocenters. The van der Waals surface area contributed by atoms with Crippen molar-refractivity contribution < 1.29 is 18.1 Å². The van der Waals surface area contributed by atoms with Gasteiger partial charge < -0.3 is 9.84 Å². The second-order valence-corrected chi connectivity index (χ2v) is 5.13.